The Hall–Kier alpha value is -2.60. The van der Waals surface area contributed by atoms with Crippen LogP contribution >= 0.6 is 0 Å². The number of hydrogen-bond donors (Lipinski definition) is 1. The largest absolute Gasteiger partial charge is 0.552 e. The lowest BCUT2D eigenvalue weighted by Crippen LogP contribution is -2.49. The maximum Gasteiger partial charge on any atom is 0.347 e. The number of benzene rings is 2. The van der Waals surface area contributed by atoms with E-state index in [2.05, 4.69) is 27.7 Å². The third kappa shape index (κ3) is 4.07. The van der Waals surface area contributed by atoms with Gasteiger partial charge in [0, 0.05) is 11.0 Å². The average molecular weight is 507 g/mol. The Balaban J connectivity index is 1.66. The molecular formula is C30H38O5Si. The number of rotatable bonds is 5. The Morgan fingerprint density at radius 3 is 1.92 bits per heavy atom. The van der Waals surface area contributed by atoms with Crippen molar-refractivity contribution in [2.24, 2.45) is 17.8 Å². The van der Waals surface area contributed by atoms with Crippen LogP contribution in [0.25, 0.3) is 0 Å². The van der Waals surface area contributed by atoms with Gasteiger partial charge in [-0.05, 0) is 116 Å². The fourth-order valence-electron chi connectivity index (χ4n) is 8.11. The number of carboxylic acid groups (broad SMARTS) is 1. The van der Waals surface area contributed by atoms with Gasteiger partial charge in [-0.15, -0.1) is 0 Å². The minimum absolute atomic E-state index is 0.0632. The molecule has 0 amide bonds. The zero-order valence-electron chi connectivity index (χ0n) is 22.4. The predicted molar refractivity (Wildman–Crippen MR) is 143 cm³/mol. The van der Waals surface area contributed by atoms with Crippen LogP contribution in [0.3, 0.4) is 0 Å². The van der Waals surface area contributed by atoms with Crippen molar-refractivity contribution in [1.29, 1.82) is 0 Å². The summed E-state index contributed by atoms with van der Waals surface area (Å²) in [5.41, 5.74) is 5.35. The maximum atomic E-state index is 13.7. The van der Waals surface area contributed by atoms with Gasteiger partial charge in [0.05, 0.1) is 5.56 Å². The summed E-state index contributed by atoms with van der Waals surface area (Å²) in [4.78, 5) is 24.9. The van der Waals surface area contributed by atoms with Gasteiger partial charge < -0.3 is 14.3 Å². The van der Waals surface area contributed by atoms with Gasteiger partial charge in [0.2, 0.25) is 10.5 Å². The van der Waals surface area contributed by atoms with Crippen LogP contribution in [0.1, 0.15) is 102 Å². The van der Waals surface area contributed by atoms with Crippen molar-refractivity contribution in [2.75, 3.05) is 0 Å². The molecule has 5 nitrogen and oxygen atoms in total. The highest BCUT2D eigenvalue weighted by Gasteiger charge is 2.54. The number of esters is 1. The highest BCUT2D eigenvalue weighted by atomic mass is 28.2. The number of ether oxygens (including phenoxy) is 1. The van der Waals surface area contributed by atoms with Gasteiger partial charge in [0.1, 0.15) is 17.1 Å². The van der Waals surface area contributed by atoms with Crippen molar-refractivity contribution in [3.8, 4) is 11.5 Å². The molecule has 4 saturated carbocycles. The molecule has 192 valence electrons. The minimum atomic E-state index is -1.01. The molecular weight excluding hydrogens is 468 g/mol. The first-order valence-corrected chi connectivity index (χ1v) is 14.0. The first-order valence-electron chi connectivity index (χ1n) is 13.2. The van der Waals surface area contributed by atoms with Crippen LogP contribution in [-0.2, 0) is 10.8 Å². The van der Waals surface area contributed by atoms with Crippen molar-refractivity contribution < 1.29 is 23.9 Å². The normalized spacial score (nSPS) is 26.8. The lowest BCUT2D eigenvalue weighted by Gasteiger charge is -2.58. The molecule has 4 aliphatic rings. The van der Waals surface area contributed by atoms with Crippen LogP contribution in [-0.4, -0.2) is 27.5 Å². The summed E-state index contributed by atoms with van der Waals surface area (Å²) in [6.07, 6.45) is 7.63. The van der Waals surface area contributed by atoms with E-state index in [0.29, 0.717) is 21.8 Å². The molecule has 0 aliphatic heterocycles. The summed E-state index contributed by atoms with van der Waals surface area (Å²) < 4.78 is 12.1. The van der Waals surface area contributed by atoms with Crippen LogP contribution in [0.4, 0.5) is 0 Å². The van der Waals surface area contributed by atoms with Crippen molar-refractivity contribution >= 4 is 22.4 Å². The van der Waals surface area contributed by atoms with Crippen LogP contribution in [0.2, 0.25) is 0 Å². The van der Waals surface area contributed by atoms with Gasteiger partial charge in [-0.2, -0.15) is 0 Å². The van der Waals surface area contributed by atoms with E-state index in [1.165, 1.54) is 73.9 Å². The van der Waals surface area contributed by atoms with Gasteiger partial charge in [0.15, 0.2) is 0 Å². The van der Waals surface area contributed by atoms with Gasteiger partial charge >= 0.3 is 11.9 Å². The van der Waals surface area contributed by atoms with Gasteiger partial charge in [-0.25, -0.2) is 9.59 Å². The van der Waals surface area contributed by atoms with E-state index in [4.69, 9.17) is 9.16 Å². The molecule has 0 atom stereocenters. The van der Waals surface area contributed by atoms with Gasteiger partial charge in [-0.1, -0.05) is 20.8 Å². The zero-order valence-corrected chi connectivity index (χ0v) is 24.4. The van der Waals surface area contributed by atoms with E-state index in [1.807, 2.05) is 6.92 Å². The van der Waals surface area contributed by atoms with E-state index in [9.17, 15) is 14.7 Å². The van der Waals surface area contributed by atoms with E-state index in [0.717, 1.165) is 34.6 Å². The predicted octanol–water partition coefficient (Wildman–Crippen LogP) is 5.65. The summed E-state index contributed by atoms with van der Waals surface area (Å²) in [5.74, 6) is 1.95. The fourth-order valence-corrected chi connectivity index (χ4v) is 8.51. The summed E-state index contributed by atoms with van der Waals surface area (Å²) in [6, 6.07) is 5.98. The van der Waals surface area contributed by atoms with E-state index in [1.54, 1.807) is 0 Å². The third-order valence-electron chi connectivity index (χ3n) is 9.06. The number of carbonyl (C=O) groups is 2. The maximum absolute atomic E-state index is 13.7. The van der Waals surface area contributed by atoms with Crippen LogP contribution in [0.15, 0.2) is 24.3 Å². The molecule has 6 heteroatoms. The molecule has 4 fully saturated rings. The summed E-state index contributed by atoms with van der Waals surface area (Å²) >= 11 is 0. The van der Waals surface area contributed by atoms with Crippen LogP contribution in [0.5, 0.6) is 11.5 Å². The molecule has 36 heavy (non-hydrogen) atoms. The Morgan fingerprint density at radius 1 is 0.944 bits per heavy atom. The van der Waals surface area contributed by atoms with E-state index >= 15 is 0 Å². The highest BCUT2D eigenvalue weighted by molar-refractivity contribution is 6.04. The third-order valence-corrected chi connectivity index (χ3v) is 9.46. The first-order chi connectivity index (χ1) is 16.9. The molecule has 0 saturated heterocycles. The smallest absolute Gasteiger partial charge is 0.347 e. The molecule has 6 rings (SSSR count). The van der Waals surface area contributed by atoms with Gasteiger partial charge in [-0.3, -0.25) is 0 Å². The summed E-state index contributed by atoms with van der Waals surface area (Å²) in [6.45, 7) is 11.0. The molecule has 2 aromatic carbocycles. The Labute approximate surface area is 217 Å². The quantitative estimate of drug-likeness (QED) is 0.323. The fraction of sp³-hybridized carbons (Fsp3) is 0.533. The second-order valence-corrected chi connectivity index (χ2v) is 13.0. The number of carboxylic acids is 1. The standard InChI is InChI=1S/C30H38O5Si/c1-16-17(2)24(29(3,4)5)25(30-13-18-10-19(14-30)12-20(11-18)15-30)26(35-36)23(16)28(33)34-22-8-6-21(7-9-22)27(31)32/h6-9,18-20H,10-15H2,1-5,36H3,(H,31,32). The van der Waals surface area contributed by atoms with Gasteiger partial charge in [0.25, 0.3) is 0 Å². The molecule has 2 aromatic rings. The Morgan fingerprint density at radius 2 is 1.47 bits per heavy atom. The first kappa shape index (κ1) is 25.1. The molecule has 0 spiro atoms. The second kappa shape index (κ2) is 8.75. The molecule has 1 N–H and O–H groups in total. The lowest BCUT2D eigenvalue weighted by molar-refractivity contribution is -0.00663. The molecule has 0 heterocycles. The summed E-state index contributed by atoms with van der Waals surface area (Å²) in [5, 5.41) is 9.19. The molecule has 0 radical (unpaired) electrons. The molecule has 0 unspecified atom stereocenters. The lowest BCUT2D eigenvalue weighted by atomic mass is 9.47. The van der Waals surface area contributed by atoms with Crippen LogP contribution < -0.4 is 9.16 Å². The SMILES string of the molecule is Cc1c(C)c(C(C)(C)C)c(C23CC4CC(CC(C4)C2)C3)c(O[SiH3])c1C(=O)Oc1ccc(C(=O)O)cc1. The Bertz CT molecular complexity index is 1190. The number of carbonyl (C=O) groups excluding carboxylic acids is 1. The number of aromatic carboxylic acids is 1. The van der Waals surface area contributed by atoms with E-state index < -0.39 is 11.9 Å². The average Bonchev–Trinajstić information content (AvgIpc) is 2.78. The number of hydrogen-bond acceptors (Lipinski definition) is 4. The molecule has 0 aromatic heterocycles. The van der Waals surface area contributed by atoms with Crippen molar-refractivity contribution in [2.45, 2.75) is 84.0 Å². The second-order valence-electron chi connectivity index (χ2n) is 12.6. The zero-order chi connectivity index (χ0) is 26.0. The van der Waals surface area contributed by atoms with Crippen molar-refractivity contribution in [1.82, 2.24) is 0 Å². The Kier molecular flexibility index (Phi) is 6.10. The van der Waals surface area contributed by atoms with E-state index in [-0.39, 0.29) is 16.4 Å². The molecule has 4 bridgehead atoms. The summed E-state index contributed by atoms with van der Waals surface area (Å²) in [7, 11) is 0.476. The minimum Gasteiger partial charge on any atom is -0.552 e. The van der Waals surface area contributed by atoms with Crippen molar-refractivity contribution in [3.05, 3.63) is 57.6 Å². The molecule has 4 aliphatic carbocycles. The topological polar surface area (TPSA) is 72.8 Å². The monoisotopic (exact) mass is 506 g/mol. The highest BCUT2D eigenvalue weighted by Crippen LogP contribution is 2.63. The van der Waals surface area contributed by atoms with Crippen LogP contribution in [0, 0.1) is 31.6 Å². The van der Waals surface area contributed by atoms with Crippen molar-refractivity contribution in [3.63, 3.8) is 0 Å².